The van der Waals surface area contributed by atoms with Crippen LogP contribution in [-0.4, -0.2) is 76.7 Å². The normalized spacial score (nSPS) is 17.5. The second-order valence-corrected chi connectivity index (χ2v) is 8.52. The fourth-order valence-electron chi connectivity index (χ4n) is 4.29. The molecule has 4 rings (SSSR count). The monoisotopic (exact) mass is 454 g/mol. The molecule has 1 unspecified atom stereocenters. The third-order valence-corrected chi connectivity index (χ3v) is 6.08. The molecule has 33 heavy (non-hydrogen) atoms. The number of carbonyl (C=O) groups excluding carboxylic acids is 1. The molecule has 1 fully saturated rings. The average Bonchev–Trinajstić information content (AvgIpc) is 3.41. The quantitative estimate of drug-likeness (QED) is 0.424. The summed E-state index contributed by atoms with van der Waals surface area (Å²) < 4.78 is 11.0. The number of amides is 1. The topological polar surface area (TPSA) is 107 Å². The summed E-state index contributed by atoms with van der Waals surface area (Å²) in [5, 5.41) is 29.1. The minimum absolute atomic E-state index is 0.0524. The van der Waals surface area contributed by atoms with Gasteiger partial charge in [0, 0.05) is 37.6 Å². The van der Waals surface area contributed by atoms with E-state index in [4.69, 9.17) is 19.4 Å². The summed E-state index contributed by atoms with van der Waals surface area (Å²) in [6.45, 7) is 1.66. The van der Waals surface area contributed by atoms with Crippen molar-refractivity contribution in [3.8, 4) is 5.75 Å². The molecule has 1 amide bonds. The molecule has 0 aliphatic carbocycles. The largest absolute Gasteiger partial charge is 0.488 e. The molecular weight excluding hydrogens is 424 g/mol. The Balaban J connectivity index is 1.55. The highest BCUT2D eigenvalue weighted by molar-refractivity contribution is 5.87. The maximum atomic E-state index is 13.3. The number of rotatable bonds is 9. The number of fused-ring (bicyclic) bond motifs is 1. The SMILES string of the molecule is CN(C(=O)Cc1coc2ccccc12)[C@H](CN1CCC(O)C1)c1cccc(OCC(O)O)c1. The van der Waals surface area contributed by atoms with Crippen molar-refractivity contribution in [2.75, 3.05) is 33.3 Å². The summed E-state index contributed by atoms with van der Waals surface area (Å²) >= 11 is 0. The zero-order valence-electron chi connectivity index (χ0n) is 18.6. The molecule has 8 nitrogen and oxygen atoms in total. The fourth-order valence-corrected chi connectivity index (χ4v) is 4.29. The number of hydrogen-bond acceptors (Lipinski definition) is 7. The van der Waals surface area contributed by atoms with Crippen LogP contribution in [0.15, 0.2) is 59.2 Å². The van der Waals surface area contributed by atoms with E-state index in [1.54, 1.807) is 24.3 Å². The van der Waals surface area contributed by atoms with E-state index in [0.29, 0.717) is 25.3 Å². The lowest BCUT2D eigenvalue weighted by atomic mass is 10.0. The van der Waals surface area contributed by atoms with E-state index in [2.05, 4.69) is 4.90 Å². The van der Waals surface area contributed by atoms with Gasteiger partial charge in [-0.05, 0) is 30.2 Å². The minimum Gasteiger partial charge on any atom is -0.488 e. The van der Waals surface area contributed by atoms with Crippen molar-refractivity contribution in [1.82, 2.24) is 9.80 Å². The van der Waals surface area contributed by atoms with Crippen molar-refractivity contribution < 1.29 is 29.3 Å². The second kappa shape index (κ2) is 10.4. The molecule has 1 saturated heterocycles. The van der Waals surface area contributed by atoms with Crippen LogP contribution in [0.5, 0.6) is 5.75 Å². The van der Waals surface area contributed by atoms with Gasteiger partial charge in [0.05, 0.1) is 24.8 Å². The lowest BCUT2D eigenvalue weighted by Gasteiger charge is -2.32. The van der Waals surface area contributed by atoms with E-state index >= 15 is 0 Å². The Hall–Kier alpha value is -2.91. The number of ether oxygens (including phenoxy) is 1. The van der Waals surface area contributed by atoms with Crippen LogP contribution < -0.4 is 4.74 Å². The fraction of sp³-hybridized carbons (Fsp3) is 0.400. The number of β-amino-alcohol motifs (C(OH)–C–C–N with tert-alkyl or cyclic N) is 1. The molecule has 0 bridgehead atoms. The van der Waals surface area contributed by atoms with Gasteiger partial charge in [0.1, 0.15) is 17.9 Å². The highest BCUT2D eigenvalue weighted by atomic mass is 16.5. The minimum atomic E-state index is -1.57. The third-order valence-electron chi connectivity index (χ3n) is 6.08. The Morgan fingerprint density at radius 2 is 2.06 bits per heavy atom. The van der Waals surface area contributed by atoms with Crippen LogP contribution in [0.25, 0.3) is 11.0 Å². The maximum absolute atomic E-state index is 13.3. The van der Waals surface area contributed by atoms with Gasteiger partial charge in [-0.1, -0.05) is 30.3 Å². The summed E-state index contributed by atoms with van der Waals surface area (Å²) in [4.78, 5) is 17.2. The van der Waals surface area contributed by atoms with E-state index in [0.717, 1.165) is 28.6 Å². The van der Waals surface area contributed by atoms with Gasteiger partial charge >= 0.3 is 0 Å². The number of para-hydroxylation sites is 1. The highest BCUT2D eigenvalue weighted by Crippen LogP contribution is 2.28. The first-order valence-corrected chi connectivity index (χ1v) is 11.1. The molecule has 0 spiro atoms. The Kier molecular flexibility index (Phi) is 7.29. The molecule has 1 aliphatic rings. The van der Waals surface area contributed by atoms with Crippen molar-refractivity contribution in [3.05, 3.63) is 65.9 Å². The van der Waals surface area contributed by atoms with Crippen molar-refractivity contribution in [1.29, 1.82) is 0 Å². The Bertz CT molecular complexity index is 1080. The molecule has 176 valence electrons. The molecule has 3 aromatic rings. The van der Waals surface area contributed by atoms with Crippen LogP contribution >= 0.6 is 0 Å². The first-order valence-electron chi connectivity index (χ1n) is 11.1. The van der Waals surface area contributed by atoms with Gasteiger partial charge in [0.2, 0.25) is 5.91 Å². The summed E-state index contributed by atoms with van der Waals surface area (Å²) in [7, 11) is 1.78. The number of likely N-dealkylation sites (tertiary alicyclic amines) is 1. The lowest BCUT2D eigenvalue weighted by Crippen LogP contribution is -2.39. The number of nitrogens with zero attached hydrogens (tertiary/aromatic N) is 2. The van der Waals surface area contributed by atoms with E-state index in [1.165, 1.54) is 0 Å². The molecule has 2 heterocycles. The van der Waals surface area contributed by atoms with E-state index < -0.39 is 6.29 Å². The summed E-state index contributed by atoms with van der Waals surface area (Å²) in [5.74, 6) is 0.442. The van der Waals surface area contributed by atoms with Crippen molar-refractivity contribution >= 4 is 16.9 Å². The van der Waals surface area contributed by atoms with Gasteiger partial charge in [-0.25, -0.2) is 0 Å². The number of benzene rings is 2. The van der Waals surface area contributed by atoms with Crippen LogP contribution in [0.4, 0.5) is 0 Å². The predicted molar refractivity (Wildman–Crippen MR) is 123 cm³/mol. The van der Waals surface area contributed by atoms with Gasteiger partial charge in [-0.3, -0.25) is 9.69 Å². The number of aliphatic hydroxyl groups is 3. The van der Waals surface area contributed by atoms with Gasteiger partial charge in [-0.15, -0.1) is 0 Å². The van der Waals surface area contributed by atoms with E-state index in [1.807, 2.05) is 42.5 Å². The van der Waals surface area contributed by atoms with Gasteiger partial charge in [0.15, 0.2) is 6.29 Å². The van der Waals surface area contributed by atoms with Crippen LogP contribution in [0.2, 0.25) is 0 Å². The lowest BCUT2D eigenvalue weighted by molar-refractivity contribution is -0.131. The molecule has 1 aliphatic heterocycles. The Labute approximate surface area is 192 Å². The van der Waals surface area contributed by atoms with E-state index in [-0.39, 0.29) is 31.1 Å². The molecule has 3 N–H and O–H groups in total. The molecule has 1 aromatic heterocycles. The van der Waals surface area contributed by atoms with Crippen molar-refractivity contribution in [2.24, 2.45) is 0 Å². The number of carbonyl (C=O) groups is 1. The maximum Gasteiger partial charge on any atom is 0.227 e. The average molecular weight is 455 g/mol. The predicted octanol–water partition coefficient (Wildman–Crippen LogP) is 1.93. The molecule has 2 aromatic carbocycles. The zero-order chi connectivity index (χ0) is 23.4. The Morgan fingerprint density at radius 3 is 2.82 bits per heavy atom. The number of likely N-dealkylation sites (N-methyl/N-ethyl adjacent to an activating group) is 1. The molecule has 2 atom stereocenters. The standard InChI is InChI=1S/C25H30N2O6/c1-26(24(29)12-18-15-33-23-8-3-2-7-21(18)23)22(14-27-10-9-19(28)13-27)17-5-4-6-20(11-17)32-16-25(30)31/h2-8,11,15,19,22,25,28,30-31H,9-10,12-14,16H2,1H3/t19?,22-/m1/s1. The number of hydrogen-bond donors (Lipinski definition) is 3. The number of aliphatic hydroxyl groups excluding tert-OH is 2. The molecule has 0 radical (unpaired) electrons. The first kappa shape index (κ1) is 23.3. The van der Waals surface area contributed by atoms with Crippen molar-refractivity contribution in [2.45, 2.75) is 31.3 Å². The van der Waals surface area contributed by atoms with Crippen LogP contribution in [0, 0.1) is 0 Å². The first-order chi connectivity index (χ1) is 15.9. The highest BCUT2D eigenvalue weighted by Gasteiger charge is 2.29. The summed E-state index contributed by atoms with van der Waals surface area (Å²) in [6.07, 6.45) is 0.633. The summed E-state index contributed by atoms with van der Waals surface area (Å²) in [6, 6.07) is 14.7. The van der Waals surface area contributed by atoms with Crippen molar-refractivity contribution in [3.63, 3.8) is 0 Å². The molecule has 0 saturated carbocycles. The molecular formula is C25H30N2O6. The van der Waals surface area contributed by atoms with E-state index in [9.17, 15) is 9.90 Å². The van der Waals surface area contributed by atoms with Crippen LogP contribution in [0.3, 0.4) is 0 Å². The summed E-state index contributed by atoms with van der Waals surface area (Å²) in [5.41, 5.74) is 2.46. The van der Waals surface area contributed by atoms with Crippen LogP contribution in [-0.2, 0) is 11.2 Å². The second-order valence-electron chi connectivity index (χ2n) is 8.52. The van der Waals surface area contributed by atoms with Gasteiger partial charge < -0.3 is 29.4 Å². The Morgan fingerprint density at radius 1 is 1.24 bits per heavy atom. The van der Waals surface area contributed by atoms with Crippen LogP contribution in [0.1, 0.15) is 23.6 Å². The number of furan rings is 1. The molecule has 8 heteroatoms. The van der Waals surface area contributed by atoms with Gasteiger partial charge in [-0.2, -0.15) is 0 Å². The zero-order valence-corrected chi connectivity index (χ0v) is 18.6. The van der Waals surface area contributed by atoms with Gasteiger partial charge in [0.25, 0.3) is 0 Å². The third kappa shape index (κ3) is 5.72. The smallest absolute Gasteiger partial charge is 0.227 e.